The molecular weight excluding hydrogens is 262 g/mol. The molecule has 1 aromatic heterocycles. The summed E-state index contributed by atoms with van der Waals surface area (Å²) in [4.78, 5) is 15.6. The molecule has 0 spiro atoms. The second-order valence-electron chi connectivity index (χ2n) is 4.52. The van der Waals surface area contributed by atoms with E-state index in [1.807, 2.05) is 11.4 Å². The highest BCUT2D eigenvalue weighted by atomic mass is 32.1. The van der Waals surface area contributed by atoms with E-state index < -0.39 is 5.97 Å². The molecular formula is C14H13NO3S. The van der Waals surface area contributed by atoms with Crippen LogP contribution in [0.2, 0.25) is 0 Å². The lowest BCUT2D eigenvalue weighted by Crippen LogP contribution is -1.98. The Morgan fingerprint density at radius 2 is 2.37 bits per heavy atom. The monoisotopic (exact) mass is 275 g/mol. The number of rotatable bonds is 3. The van der Waals surface area contributed by atoms with Crippen molar-refractivity contribution in [3.8, 4) is 10.6 Å². The summed E-state index contributed by atoms with van der Waals surface area (Å²) in [5, 5.41) is 11.9. The van der Waals surface area contributed by atoms with E-state index in [-0.39, 0.29) is 0 Å². The Bertz CT molecular complexity index is 602. The zero-order valence-electron chi connectivity index (χ0n) is 10.2. The maximum atomic E-state index is 11.0. The fourth-order valence-electron chi connectivity index (χ4n) is 2.16. The third-order valence-corrected chi connectivity index (χ3v) is 4.14. The van der Waals surface area contributed by atoms with Crippen molar-refractivity contribution in [1.82, 2.24) is 4.98 Å². The van der Waals surface area contributed by atoms with E-state index >= 15 is 0 Å². The number of nitrogens with zero attached hydrogens (tertiary/aromatic N) is 1. The first-order chi connectivity index (χ1) is 9.24. The van der Waals surface area contributed by atoms with E-state index in [2.05, 4.69) is 4.98 Å². The maximum Gasteiger partial charge on any atom is 0.335 e. The topological polar surface area (TPSA) is 59.4 Å². The van der Waals surface area contributed by atoms with Gasteiger partial charge in [-0.05, 0) is 18.6 Å². The molecule has 1 fully saturated rings. The minimum atomic E-state index is -0.914. The third kappa shape index (κ3) is 2.52. The molecule has 19 heavy (non-hydrogen) atoms. The van der Waals surface area contributed by atoms with Gasteiger partial charge >= 0.3 is 5.97 Å². The zero-order chi connectivity index (χ0) is 13.2. The van der Waals surface area contributed by atoms with Crippen molar-refractivity contribution >= 4 is 17.3 Å². The van der Waals surface area contributed by atoms with Gasteiger partial charge < -0.3 is 9.84 Å². The van der Waals surface area contributed by atoms with Crippen LogP contribution in [-0.4, -0.2) is 29.3 Å². The minimum absolute atomic E-state index is 0.290. The van der Waals surface area contributed by atoms with Crippen LogP contribution in [0.4, 0.5) is 0 Å². The number of carboxylic acid groups (broad SMARTS) is 1. The molecule has 2 aromatic rings. The predicted octanol–water partition coefficient (Wildman–Crippen LogP) is 3.01. The lowest BCUT2D eigenvalue weighted by Gasteiger charge is -2.02. The summed E-state index contributed by atoms with van der Waals surface area (Å²) in [5.74, 6) is -0.532. The van der Waals surface area contributed by atoms with E-state index in [1.165, 1.54) is 0 Å². The summed E-state index contributed by atoms with van der Waals surface area (Å²) in [6.45, 7) is 1.53. The molecule has 1 aliphatic rings. The Morgan fingerprint density at radius 1 is 1.47 bits per heavy atom. The largest absolute Gasteiger partial charge is 0.478 e. The van der Waals surface area contributed by atoms with Crippen molar-refractivity contribution in [3.63, 3.8) is 0 Å². The van der Waals surface area contributed by atoms with Gasteiger partial charge in [-0.15, -0.1) is 11.3 Å². The van der Waals surface area contributed by atoms with E-state index in [4.69, 9.17) is 9.84 Å². The number of hydrogen-bond acceptors (Lipinski definition) is 4. The molecule has 1 unspecified atom stereocenters. The fourth-order valence-corrected chi connectivity index (χ4v) is 3.06. The summed E-state index contributed by atoms with van der Waals surface area (Å²) in [7, 11) is 0. The highest BCUT2D eigenvalue weighted by Gasteiger charge is 2.20. The summed E-state index contributed by atoms with van der Waals surface area (Å²) in [5.41, 5.74) is 2.20. The molecule has 0 aliphatic carbocycles. The number of thiazole rings is 1. The molecule has 1 aromatic carbocycles. The van der Waals surface area contributed by atoms with Gasteiger partial charge in [0.1, 0.15) is 5.01 Å². The van der Waals surface area contributed by atoms with Crippen LogP contribution in [0.25, 0.3) is 10.6 Å². The van der Waals surface area contributed by atoms with Crippen molar-refractivity contribution in [2.24, 2.45) is 0 Å². The van der Waals surface area contributed by atoms with Gasteiger partial charge in [-0.1, -0.05) is 12.1 Å². The van der Waals surface area contributed by atoms with Crippen LogP contribution in [0, 0.1) is 0 Å². The first-order valence-electron chi connectivity index (χ1n) is 6.11. The molecule has 1 aliphatic heterocycles. The number of aromatic nitrogens is 1. The van der Waals surface area contributed by atoms with Gasteiger partial charge in [-0.2, -0.15) is 0 Å². The SMILES string of the molecule is O=C(O)c1cccc(-c2nc(C3CCOC3)cs2)c1. The lowest BCUT2D eigenvalue weighted by atomic mass is 10.1. The smallest absolute Gasteiger partial charge is 0.335 e. The van der Waals surface area contributed by atoms with Crippen molar-refractivity contribution in [3.05, 3.63) is 40.9 Å². The van der Waals surface area contributed by atoms with Crippen LogP contribution in [0.15, 0.2) is 29.6 Å². The summed E-state index contributed by atoms with van der Waals surface area (Å²) in [6, 6.07) is 6.89. The molecule has 2 heterocycles. The highest BCUT2D eigenvalue weighted by Crippen LogP contribution is 2.31. The van der Waals surface area contributed by atoms with Gasteiger partial charge in [0.15, 0.2) is 0 Å². The fraction of sp³-hybridized carbons (Fsp3) is 0.286. The Hall–Kier alpha value is -1.72. The van der Waals surface area contributed by atoms with Crippen molar-refractivity contribution < 1.29 is 14.6 Å². The second-order valence-corrected chi connectivity index (χ2v) is 5.38. The van der Waals surface area contributed by atoms with E-state index in [0.717, 1.165) is 35.9 Å². The molecule has 0 bridgehead atoms. The quantitative estimate of drug-likeness (QED) is 0.935. The van der Waals surface area contributed by atoms with Gasteiger partial charge in [0, 0.05) is 23.5 Å². The van der Waals surface area contributed by atoms with Crippen LogP contribution < -0.4 is 0 Å². The van der Waals surface area contributed by atoms with Crippen LogP contribution >= 0.6 is 11.3 Å². The number of carbonyl (C=O) groups is 1. The highest BCUT2D eigenvalue weighted by molar-refractivity contribution is 7.13. The Kier molecular flexibility index (Phi) is 3.31. The number of ether oxygens (including phenoxy) is 1. The normalized spacial score (nSPS) is 18.6. The molecule has 3 rings (SSSR count). The average molecular weight is 275 g/mol. The van der Waals surface area contributed by atoms with Crippen LogP contribution in [0.5, 0.6) is 0 Å². The molecule has 1 saturated heterocycles. The molecule has 1 atom stereocenters. The number of carboxylic acids is 1. The summed E-state index contributed by atoms with van der Waals surface area (Å²) < 4.78 is 5.36. The van der Waals surface area contributed by atoms with Crippen LogP contribution in [-0.2, 0) is 4.74 Å². The molecule has 4 nitrogen and oxygen atoms in total. The van der Waals surface area contributed by atoms with Gasteiger partial charge in [0.2, 0.25) is 0 Å². The van der Waals surface area contributed by atoms with E-state index in [9.17, 15) is 4.79 Å². The van der Waals surface area contributed by atoms with Gasteiger partial charge in [0.05, 0.1) is 17.9 Å². The van der Waals surface area contributed by atoms with E-state index in [1.54, 1.807) is 29.5 Å². The summed E-state index contributed by atoms with van der Waals surface area (Å²) in [6.07, 6.45) is 1.01. The molecule has 0 amide bonds. The maximum absolute atomic E-state index is 11.0. The average Bonchev–Trinajstić information content (AvgIpc) is 3.09. The van der Waals surface area contributed by atoms with Crippen molar-refractivity contribution in [1.29, 1.82) is 0 Å². The van der Waals surface area contributed by atoms with Crippen molar-refractivity contribution in [2.75, 3.05) is 13.2 Å². The zero-order valence-corrected chi connectivity index (χ0v) is 11.0. The number of benzene rings is 1. The first kappa shape index (κ1) is 12.3. The Morgan fingerprint density at radius 3 is 3.11 bits per heavy atom. The molecule has 98 valence electrons. The Balaban J connectivity index is 1.89. The Labute approximate surface area is 114 Å². The number of hydrogen-bond donors (Lipinski definition) is 1. The summed E-state index contributed by atoms with van der Waals surface area (Å²) >= 11 is 1.55. The van der Waals surface area contributed by atoms with E-state index in [0.29, 0.717) is 11.5 Å². The molecule has 1 N–H and O–H groups in total. The second kappa shape index (κ2) is 5.11. The van der Waals surface area contributed by atoms with Gasteiger partial charge in [-0.3, -0.25) is 0 Å². The van der Waals surface area contributed by atoms with Crippen LogP contribution in [0.1, 0.15) is 28.4 Å². The molecule has 0 saturated carbocycles. The third-order valence-electron chi connectivity index (χ3n) is 3.23. The number of aromatic carboxylic acids is 1. The minimum Gasteiger partial charge on any atom is -0.478 e. The standard InChI is InChI=1S/C14H13NO3S/c16-14(17)10-3-1-2-9(6-10)13-15-12(8-19-13)11-4-5-18-7-11/h1-3,6,8,11H,4-5,7H2,(H,16,17). The molecule has 5 heteroatoms. The predicted molar refractivity (Wildman–Crippen MR) is 72.7 cm³/mol. The van der Waals surface area contributed by atoms with Gasteiger partial charge in [-0.25, -0.2) is 9.78 Å². The first-order valence-corrected chi connectivity index (χ1v) is 6.99. The molecule has 0 radical (unpaired) electrons. The van der Waals surface area contributed by atoms with Crippen LogP contribution in [0.3, 0.4) is 0 Å². The van der Waals surface area contributed by atoms with Crippen molar-refractivity contribution in [2.45, 2.75) is 12.3 Å². The lowest BCUT2D eigenvalue weighted by molar-refractivity contribution is 0.0697. The van der Waals surface area contributed by atoms with Gasteiger partial charge in [0.25, 0.3) is 0 Å².